The Kier molecular flexibility index (Phi) is 8.95. The third-order valence-corrected chi connectivity index (χ3v) is 13.9. The van der Waals surface area contributed by atoms with Crippen LogP contribution in [0.5, 0.6) is 0 Å². The minimum Gasteiger partial charge on any atom is -0.311 e. The number of fused-ring (bicyclic) bond motifs is 5. The predicted octanol–water partition coefficient (Wildman–Crippen LogP) is 15.8. The molecule has 0 radical (unpaired) electrons. The molecule has 2 aliphatic rings. The number of anilines is 2. The van der Waals surface area contributed by atoms with Crippen molar-refractivity contribution < 1.29 is 0 Å². The second kappa shape index (κ2) is 15.1. The zero-order valence-corrected chi connectivity index (χ0v) is 35.8. The lowest BCUT2D eigenvalue weighted by atomic mass is 9.63. The Morgan fingerprint density at radius 1 is 0.438 bits per heavy atom. The Hall–Kier alpha value is -7.94. The van der Waals surface area contributed by atoms with Crippen LogP contribution in [0.15, 0.2) is 254 Å². The zero-order valence-electron chi connectivity index (χ0n) is 35.8. The summed E-state index contributed by atoms with van der Waals surface area (Å²) in [6, 6.07) is 84.6. The molecule has 10 aromatic rings. The van der Waals surface area contributed by atoms with Gasteiger partial charge in [0.25, 0.3) is 0 Å². The largest absolute Gasteiger partial charge is 0.311 e. The Morgan fingerprint density at radius 2 is 0.953 bits per heavy atom. The first-order valence-electron chi connectivity index (χ1n) is 22.4. The first-order valence-corrected chi connectivity index (χ1v) is 22.4. The Bertz CT molecular complexity index is 3260. The fraction of sp³-hybridized carbons (Fsp3) is 0.0645. The fourth-order valence-corrected chi connectivity index (χ4v) is 10.7. The van der Waals surface area contributed by atoms with Gasteiger partial charge in [-0.3, -0.25) is 0 Å². The molecule has 304 valence electrons. The van der Waals surface area contributed by atoms with Crippen LogP contribution in [0.1, 0.15) is 41.2 Å². The van der Waals surface area contributed by atoms with Crippen molar-refractivity contribution in [3.63, 3.8) is 0 Å². The van der Waals surface area contributed by atoms with Gasteiger partial charge in [0.15, 0.2) is 0 Å². The number of para-hydroxylation sites is 2. The van der Waals surface area contributed by atoms with Crippen LogP contribution in [0.4, 0.5) is 11.4 Å². The van der Waals surface area contributed by atoms with E-state index < -0.39 is 5.41 Å². The molecule has 0 saturated carbocycles. The molecule has 2 heterocycles. The van der Waals surface area contributed by atoms with Crippen molar-refractivity contribution in [2.24, 2.45) is 0 Å². The Morgan fingerprint density at radius 3 is 1.52 bits per heavy atom. The third kappa shape index (κ3) is 5.94. The highest BCUT2D eigenvalue weighted by atomic mass is 15.1. The van der Waals surface area contributed by atoms with Gasteiger partial charge >= 0.3 is 0 Å². The predicted molar refractivity (Wildman–Crippen MR) is 268 cm³/mol. The van der Waals surface area contributed by atoms with E-state index in [1.165, 1.54) is 83.3 Å². The van der Waals surface area contributed by atoms with E-state index in [1.54, 1.807) is 0 Å². The van der Waals surface area contributed by atoms with Crippen LogP contribution >= 0.6 is 0 Å². The third-order valence-electron chi connectivity index (χ3n) is 13.9. The van der Waals surface area contributed by atoms with Gasteiger partial charge in [-0.25, -0.2) is 0 Å². The molecular formula is C62H46N2. The van der Waals surface area contributed by atoms with E-state index in [-0.39, 0.29) is 5.41 Å². The van der Waals surface area contributed by atoms with Crippen LogP contribution in [0.2, 0.25) is 0 Å². The summed E-state index contributed by atoms with van der Waals surface area (Å²) in [4.78, 5) is 2.40. The Balaban J connectivity index is 0.957. The highest BCUT2D eigenvalue weighted by Crippen LogP contribution is 2.54. The van der Waals surface area contributed by atoms with E-state index in [0.29, 0.717) is 0 Å². The van der Waals surface area contributed by atoms with Gasteiger partial charge in [-0.1, -0.05) is 207 Å². The summed E-state index contributed by atoms with van der Waals surface area (Å²) in [5.41, 5.74) is 17.8. The smallest absolute Gasteiger partial charge is 0.0742 e. The standard InChI is InChI=1S/C62H46N2/c1-61(41-39-53(40-42-61)63(51-34-29-46(30-35-51)44-17-6-2-7-18-44)52-36-31-47(32-37-52)45-19-8-3-9-20-45)50-33-38-58-55(43-50)54-25-16-27-57-60(54)64(58)59-28-15-14-26-56(59)62(57,48-21-10-4-11-22-48)49-23-12-5-13-24-49/h2-41,43H,42H2,1H3. The van der Waals surface area contributed by atoms with Crippen molar-refractivity contribution in [2.75, 3.05) is 4.90 Å². The molecule has 0 fully saturated rings. The van der Waals surface area contributed by atoms with E-state index in [0.717, 1.165) is 17.8 Å². The topological polar surface area (TPSA) is 8.17 Å². The quantitative estimate of drug-likeness (QED) is 0.148. The van der Waals surface area contributed by atoms with Crippen molar-refractivity contribution in [1.82, 2.24) is 4.57 Å². The summed E-state index contributed by atoms with van der Waals surface area (Å²) in [5.74, 6) is 0. The molecule has 12 rings (SSSR count). The maximum atomic E-state index is 2.53. The lowest BCUT2D eigenvalue weighted by Crippen LogP contribution is -2.35. The average molecular weight is 819 g/mol. The average Bonchev–Trinajstić information content (AvgIpc) is 3.71. The molecule has 1 aliphatic heterocycles. The molecule has 2 nitrogen and oxygen atoms in total. The number of benzene rings is 9. The number of allylic oxidation sites excluding steroid dienone is 3. The van der Waals surface area contributed by atoms with Gasteiger partial charge < -0.3 is 9.47 Å². The van der Waals surface area contributed by atoms with Gasteiger partial charge in [0, 0.05) is 33.3 Å². The maximum Gasteiger partial charge on any atom is 0.0742 e. The molecular weight excluding hydrogens is 773 g/mol. The molecule has 0 bridgehead atoms. The molecule has 9 aromatic carbocycles. The number of nitrogens with zero attached hydrogens (tertiary/aromatic N) is 2. The van der Waals surface area contributed by atoms with E-state index in [1.807, 2.05) is 0 Å². The maximum absolute atomic E-state index is 2.53. The van der Waals surface area contributed by atoms with Gasteiger partial charge in [-0.2, -0.15) is 0 Å². The highest BCUT2D eigenvalue weighted by Gasteiger charge is 2.45. The van der Waals surface area contributed by atoms with Crippen molar-refractivity contribution in [3.8, 4) is 27.9 Å². The van der Waals surface area contributed by atoms with E-state index in [4.69, 9.17) is 0 Å². The minimum atomic E-state index is -0.485. The molecule has 64 heavy (non-hydrogen) atoms. The molecule has 0 spiro atoms. The van der Waals surface area contributed by atoms with Crippen LogP contribution in [0.25, 0.3) is 49.7 Å². The number of hydrogen-bond acceptors (Lipinski definition) is 1. The monoisotopic (exact) mass is 818 g/mol. The summed E-state index contributed by atoms with van der Waals surface area (Å²) >= 11 is 0. The van der Waals surface area contributed by atoms with Gasteiger partial charge in [-0.05, 0) is 105 Å². The van der Waals surface area contributed by atoms with Crippen molar-refractivity contribution in [1.29, 1.82) is 0 Å². The molecule has 1 aliphatic carbocycles. The first-order chi connectivity index (χ1) is 31.6. The molecule has 0 amide bonds. The van der Waals surface area contributed by atoms with E-state index >= 15 is 0 Å². The fourth-order valence-electron chi connectivity index (χ4n) is 10.7. The van der Waals surface area contributed by atoms with Crippen molar-refractivity contribution in [2.45, 2.75) is 24.2 Å². The lowest BCUT2D eigenvalue weighted by Gasteiger charge is -2.41. The van der Waals surface area contributed by atoms with Gasteiger partial charge in [0.1, 0.15) is 0 Å². The minimum absolute atomic E-state index is 0.209. The zero-order chi connectivity index (χ0) is 42.7. The van der Waals surface area contributed by atoms with Crippen molar-refractivity contribution >= 4 is 33.2 Å². The number of hydrogen-bond donors (Lipinski definition) is 0. The lowest BCUT2D eigenvalue weighted by molar-refractivity contribution is 0.596. The van der Waals surface area contributed by atoms with E-state index in [2.05, 4.69) is 265 Å². The number of rotatable bonds is 8. The number of aromatic nitrogens is 1. The first kappa shape index (κ1) is 37.8. The van der Waals surface area contributed by atoms with Crippen LogP contribution in [-0.2, 0) is 10.8 Å². The van der Waals surface area contributed by atoms with Crippen LogP contribution in [0, 0.1) is 0 Å². The molecule has 1 atom stereocenters. The van der Waals surface area contributed by atoms with Gasteiger partial charge in [0.2, 0.25) is 0 Å². The highest BCUT2D eigenvalue weighted by molar-refractivity contribution is 6.12. The summed E-state index contributed by atoms with van der Waals surface area (Å²) in [6.07, 6.45) is 8.06. The van der Waals surface area contributed by atoms with Crippen molar-refractivity contribution in [3.05, 3.63) is 282 Å². The second-order valence-electron chi connectivity index (χ2n) is 17.5. The molecule has 1 aromatic heterocycles. The second-order valence-corrected chi connectivity index (χ2v) is 17.5. The van der Waals surface area contributed by atoms with Crippen LogP contribution in [-0.4, -0.2) is 4.57 Å². The van der Waals surface area contributed by atoms with Gasteiger partial charge in [0.05, 0.1) is 22.1 Å². The Labute approximate surface area is 375 Å². The molecule has 2 heteroatoms. The molecule has 0 N–H and O–H groups in total. The van der Waals surface area contributed by atoms with E-state index in [9.17, 15) is 0 Å². The van der Waals surface area contributed by atoms with Crippen LogP contribution < -0.4 is 4.90 Å². The van der Waals surface area contributed by atoms with Gasteiger partial charge in [-0.15, -0.1) is 0 Å². The van der Waals surface area contributed by atoms with Crippen LogP contribution in [0.3, 0.4) is 0 Å². The molecule has 1 unspecified atom stereocenters. The summed E-state index contributed by atoms with van der Waals surface area (Å²) < 4.78 is 2.53. The SMILES string of the molecule is CC1(c2ccc3c(c2)c2cccc4c2n3-c2ccccc2C4(c2ccccc2)c2ccccc2)C=CC(N(c2ccc(-c3ccccc3)cc2)c2ccc(-c3ccccc3)cc2)=CC1. The molecule has 0 saturated heterocycles. The summed E-state index contributed by atoms with van der Waals surface area (Å²) in [5, 5.41) is 2.56. The summed E-state index contributed by atoms with van der Waals surface area (Å²) in [7, 11) is 0. The summed E-state index contributed by atoms with van der Waals surface area (Å²) in [6.45, 7) is 2.39. The normalized spacial score (nSPS) is 16.0.